The van der Waals surface area contributed by atoms with Crippen LogP contribution in [-0.4, -0.2) is 132 Å². The highest BCUT2D eigenvalue weighted by Gasteiger charge is 2.45. The summed E-state index contributed by atoms with van der Waals surface area (Å²) in [6.07, 6.45) is 2.52. The third-order valence-corrected chi connectivity index (χ3v) is 7.11. The summed E-state index contributed by atoms with van der Waals surface area (Å²) >= 11 is 0. The monoisotopic (exact) mass is 634 g/mol. The number of amides is 5. The van der Waals surface area contributed by atoms with Crippen LogP contribution >= 0.6 is 0 Å². The highest BCUT2D eigenvalue weighted by molar-refractivity contribution is 6.26. The van der Waals surface area contributed by atoms with E-state index in [0.717, 1.165) is 24.3 Å². The topological polar surface area (TPSA) is 162 Å². The molecule has 1 unspecified atom stereocenters. The van der Waals surface area contributed by atoms with Crippen LogP contribution in [0, 0.1) is 0 Å². The van der Waals surface area contributed by atoms with E-state index in [9.17, 15) is 24.0 Å². The van der Waals surface area contributed by atoms with Gasteiger partial charge in [0.1, 0.15) is 6.04 Å². The maximum Gasteiger partial charge on any atom is 0.264 e. The van der Waals surface area contributed by atoms with E-state index >= 15 is 0 Å². The molecule has 1 atom stereocenters. The number of imide groups is 2. The fourth-order valence-electron chi connectivity index (χ4n) is 4.73. The molecular formula is C31H46N4O10. The van der Waals surface area contributed by atoms with Crippen molar-refractivity contribution in [1.29, 1.82) is 0 Å². The fourth-order valence-corrected chi connectivity index (χ4v) is 4.73. The van der Waals surface area contributed by atoms with Crippen LogP contribution < -0.4 is 10.6 Å². The maximum absolute atomic E-state index is 13.1. The van der Waals surface area contributed by atoms with Crippen molar-refractivity contribution in [3.63, 3.8) is 0 Å². The van der Waals surface area contributed by atoms with Crippen LogP contribution in [0.5, 0.6) is 0 Å². The molecule has 1 fully saturated rings. The summed E-state index contributed by atoms with van der Waals surface area (Å²) in [6, 6.07) is 3.55. The van der Waals surface area contributed by atoms with Crippen LogP contribution in [0.15, 0.2) is 18.2 Å². The van der Waals surface area contributed by atoms with Crippen molar-refractivity contribution in [3.05, 3.63) is 29.3 Å². The summed E-state index contributed by atoms with van der Waals surface area (Å²) in [6.45, 7) is 6.18. The van der Waals surface area contributed by atoms with Crippen molar-refractivity contribution < 1.29 is 47.7 Å². The lowest BCUT2D eigenvalue weighted by Crippen LogP contribution is -2.54. The summed E-state index contributed by atoms with van der Waals surface area (Å²) in [4.78, 5) is 65.4. The number of carbonyl (C=O) groups excluding carboxylic acids is 5. The lowest BCUT2D eigenvalue weighted by atomic mass is 10.0. The molecule has 5 amide bonds. The average molecular weight is 635 g/mol. The fraction of sp³-hybridized carbons (Fsp3) is 0.645. The molecule has 0 radical (unpaired) electrons. The third kappa shape index (κ3) is 12.2. The number of carbonyl (C=O) groups is 5. The SMILES string of the molecule is CN(C)CCOCCOCCOCCOCCOCCCCCC(=O)Nc1cccc2c1C(=O)N(C1CCC(=O)NC1=O)C2=O. The molecule has 2 aliphatic rings. The van der Waals surface area contributed by atoms with Gasteiger partial charge in [0.05, 0.1) is 76.3 Å². The molecule has 0 saturated carbocycles. The van der Waals surface area contributed by atoms with Gasteiger partial charge in [-0.3, -0.25) is 34.2 Å². The molecule has 0 bridgehead atoms. The van der Waals surface area contributed by atoms with Gasteiger partial charge in [-0.15, -0.1) is 0 Å². The molecule has 0 aliphatic carbocycles. The molecule has 2 heterocycles. The second kappa shape index (κ2) is 20.0. The number of nitrogens with one attached hydrogen (secondary N) is 2. The Morgan fingerprint density at radius 1 is 0.822 bits per heavy atom. The van der Waals surface area contributed by atoms with Crippen molar-refractivity contribution in [1.82, 2.24) is 15.1 Å². The average Bonchev–Trinajstić information content (AvgIpc) is 3.26. The van der Waals surface area contributed by atoms with E-state index in [-0.39, 0.29) is 42.0 Å². The highest BCUT2D eigenvalue weighted by atomic mass is 16.6. The van der Waals surface area contributed by atoms with Gasteiger partial charge in [0, 0.05) is 26.0 Å². The number of hydrogen-bond donors (Lipinski definition) is 2. The molecule has 1 saturated heterocycles. The van der Waals surface area contributed by atoms with Crippen molar-refractivity contribution in [2.75, 3.05) is 92.0 Å². The predicted molar refractivity (Wildman–Crippen MR) is 163 cm³/mol. The molecule has 3 rings (SSSR count). The number of unbranched alkanes of at least 4 members (excludes halogenated alkanes) is 2. The number of likely N-dealkylation sites (N-methyl/N-ethyl adjacent to an activating group) is 1. The summed E-state index contributed by atoms with van der Waals surface area (Å²) in [7, 11) is 4.01. The Kier molecular flexibility index (Phi) is 16.1. The Morgan fingerprint density at radius 3 is 2.02 bits per heavy atom. The number of hydrogen-bond acceptors (Lipinski definition) is 11. The van der Waals surface area contributed by atoms with Gasteiger partial charge in [-0.05, 0) is 45.5 Å². The van der Waals surface area contributed by atoms with Crippen molar-refractivity contribution >= 4 is 35.2 Å². The van der Waals surface area contributed by atoms with Gasteiger partial charge in [0.25, 0.3) is 11.8 Å². The van der Waals surface area contributed by atoms with Crippen LogP contribution in [0.2, 0.25) is 0 Å². The van der Waals surface area contributed by atoms with E-state index in [1.807, 2.05) is 14.1 Å². The second-order valence-electron chi connectivity index (χ2n) is 10.9. The zero-order valence-electron chi connectivity index (χ0n) is 26.3. The van der Waals surface area contributed by atoms with E-state index in [0.29, 0.717) is 72.5 Å². The van der Waals surface area contributed by atoms with Gasteiger partial charge in [0.15, 0.2) is 0 Å². The zero-order valence-corrected chi connectivity index (χ0v) is 26.3. The first kappa shape index (κ1) is 36.2. The minimum absolute atomic E-state index is 0.0355. The summed E-state index contributed by atoms with van der Waals surface area (Å²) < 4.78 is 27.4. The molecule has 250 valence electrons. The van der Waals surface area contributed by atoms with Crippen molar-refractivity contribution in [3.8, 4) is 0 Å². The molecule has 14 nitrogen and oxygen atoms in total. The number of rotatable bonds is 23. The second-order valence-corrected chi connectivity index (χ2v) is 10.9. The standard InChI is InChI=1S/C31H46N4O10/c1-34(2)12-14-42-16-18-44-20-22-45-21-19-43-17-15-41-13-5-3-4-9-26(36)32-24-8-6-7-23-28(24)31(40)35(30(23)39)25-10-11-27(37)33-29(25)38/h6-8,25H,3-5,9-22H2,1-2H3,(H,32,36)(H,33,37,38). The Bertz CT molecular complexity index is 1150. The van der Waals surface area contributed by atoms with Crippen LogP contribution in [0.25, 0.3) is 0 Å². The minimum Gasteiger partial charge on any atom is -0.379 e. The predicted octanol–water partition coefficient (Wildman–Crippen LogP) is 1.23. The van der Waals surface area contributed by atoms with Gasteiger partial charge in [0.2, 0.25) is 17.7 Å². The van der Waals surface area contributed by atoms with Crippen LogP contribution in [0.1, 0.15) is 59.2 Å². The Labute approximate surface area is 264 Å². The normalized spacial score (nSPS) is 16.4. The summed E-state index contributed by atoms with van der Waals surface area (Å²) in [5.41, 5.74) is 0.406. The van der Waals surface area contributed by atoms with Gasteiger partial charge >= 0.3 is 0 Å². The number of piperidine rings is 1. The van der Waals surface area contributed by atoms with Crippen LogP contribution in [0.3, 0.4) is 0 Å². The molecule has 45 heavy (non-hydrogen) atoms. The van der Waals surface area contributed by atoms with E-state index in [1.165, 1.54) is 6.07 Å². The Hall–Kier alpha value is -3.27. The largest absolute Gasteiger partial charge is 0.379 e. The van der Waals surface area contributed by atoms with E-state index in [2.05, 4.69) is 15.5 Å². The molecule has 0 spiro atoms. The first-order valence-electron chi connectivity index (χ1n) is 15.5. The smallest absolute Gasteiger partial charge is 0.264 e. The first-order chi connectivity index (χ1) is 21.8. The van der Waals surface area contributed by atoms with E-state index in [4.69, 9.17) is 23.7 Å². The number of nitrogens with zero attached hydrogens (tertiary/aromatic N) is 2. The van der Waals surface area contributed by atoms with Gasteiger partial charge in [-0.1, -0.05) is 12.5 Å². The van der Waals surface area contributed by atoms with Gasteiger partial charge in [-0.2, -0.15) is 0 Å². The first-order valence-corrected chi connectivity index (χ1v) is 15.5. The number of ether oxygens (including phenoxy) is 5. The van der Waals surface area contributed by atoms with E-state index < -0.39 is 29.7 Å². The Morgan fingerprint density at radius 2 is 1.42 bits per heavy atom. The zero-order chi connectivity index (χ0) is 32.4. The number of fused-ring (bicyclic) bond motifs is 1. The van der Waals surface area contributed by atoms with Crippen LogP contribution in [0.4, 0.5) is 5.69 Å². The van der Waals surface area contributed by atoms with Gasteiger partial charge < -0.3 is 33.9 Å². The molecule has 1 aromatic rings. The summed E-state index contributed by atoms with van der Waals surface area (Å²) in [5.74, 6) is -2.68. The lowest BCUT2D eigenvalue weighted by molar-refractivity contribution is -0.136. The highest BCUT2D eigenvalue weighted by Crippen LogP contribution is 2.32. The molecule has 2 N–H and O–H groups in total. The Balaban J connectivity index is 1.18. The third-order valence-electron chi connectivity index (χ3n) is 7.11. The van der Waals surface area contributed by atoms with E-state index in [1.54, 1.807) is 12.1 Å². The maximum atomic E-state index is 13.1. The summed E-state index contributed by atoms with van der Waals surface area (Å²) in [5, 5.41) is 4.90. The number of anilines is 1. The molecule has 14 heteroatoms. The van der Waals surface area contributed by atoms with Gasteiger partial charge in [-0.25, -0.2) is 0 Å². The quantitative estimate of drug-likeness (QED) is 0.132. The lowest BCUT2D eigenvalue weighted by Gasteiger charge is -2.27. The molecule has 0 aromatic heterocycles. The molecule has 1 aromatic carbocycles. The molecule has 2 aliphatic heterocycles. The van der Waals surface area contributed by atoms with Crippen molar-refractivity contribution in [2.24, 2.45) is 0 Å². The van der Waals surface area contributed by atoms with Crippen LogP contribution in [-0.2, 0) is 38.1 Å². The number of benzene rings is 1. The minimum atomic E-state index is -1.06. The van der Waals surface area contributed by atoms with Crippen molar-refractivity contribution in [2.45, 2.75) is 44.6 Å². The molecular weight excluding hydrogens is 588 g/mol.